The van der Waals surface area contributed by atoms with E-state index in [9.17, 15) is 27.5 Å². The Hall–Kier alpha value is -3.43. The Morgan fingerprint density at radius 1 is 1.07 bits per heavy atom. The number of methoxy groups -OCH3 is 2. The van der Waals surface area contributed by atoms with Crippen molar-refractivity contribution < 1.29 is 50.8 Å². The van der Waals surface area contributed by atoms with Crippen molar-refractivity contribution in [2.45, 2.75) is 38.5 Å². The van der Waals surface area contributed by atoms with Crippen molar-refractivity contribution in [2.75, 3.05) is 27.4 Å². The minimum Gasteiger partial charge on any atom is -0.619 e. The molecular weight excluding hydrogens is 661 g/mol. The number of pyridine rings is 1. The number of nitrogens with zero attached hydrogens (tertiary/aromatic N) is 2. The van der Waals surface area contributed by atoms with E-state index in [4.69, 9.17) is 42.1 Å². The first-order valence-corrected chi connectivity index (χ1v) is 15.3. The van der Waals surface area contributed by atoms with Crippen molar-refractivity contribution >= 4 is 40.4 Å². The minimum absolute atomic E-state index is 0.00653. The number of alkyl halides is 2. The molecule has 1 heterocycles. The highest BCUT2D eigenvalue weighted by Crippen LogP contribution is 2.38. The van der Waals surface area contributed by atoms with Gasteiger partial charge in [0.15, 0.2) is 35.4 Å². The standard InChI is InChI=1S/C29H30Cl2F2N2O9S/c1-40-23-7-5-18(9-26(23)41-2)12-35(45(38)39)15-28(36)43-25(11-20-21(30)13-34(37)14-22(20)31)19-6-8-24(44-29(32)33)27(10-19)42-16-17-3-4-17/h5-10,13-14,17,25,29H,3-4,11-12,15-16H2,1-2H3,(H,38,39). The summed E-state index contributed by atoms with van der Waals surface area (Å²) in [5.74, 6) is 0.0220. The highest BCUT2D eigenvalue weighted by molar-refractivity contribution is 7.76. The molecule has 0 saturated heterocycles. The maximum absolute atomic E-state index is 13.3. The van der Waals surface area contributed by atoms with Crippen molar-refractivity contribution in [3.63, 3.8) is 0 Å². The lowest BCUT2D eigenvalue weighted by molar-refractivity contribution is -0.605. The Balaban J connectivity index is 1.61. The number of aromatic nitrogens is 1. The van der Waals surface area contributed by atoms with E-state index in [2.05, 4.69) is 4.74 Å². The van der Waals surface area contributed by atoms with Gasteiger partial charge in [0.2, 0.25) is 11.3 Å². The molecule has 0 aliphatic heterocycles. The molecule has 0 spiro atoms. The molecule has 1 aliphatic rings. The van der Waals surface area contributed by atoms with Gasteiger partial charge in [0.25, 0.3) is 0 Å². The van der Waals surface area contributed by atoms with Crippen LogP contribution in [-0.4, -0.2) is 53.0 Å². The topological polar surface area (TPSA) is 131 Å². The predicted molar refractivity (Wildman–Crippen MR) is 160 cm³/mol. The first-order chi connectivity index (χ1) is 21.5. The van der Waals surface area contributed by atoms with Crippen molar-refractivity contribution in [1.82, 2.24) is 4.31 Å². The van der Waals surface area contributed by atoms with Gasteiger partial charge >= 0.3 is 12.6 Å². The van der Waals surface area contributed by atoms with Crippen LogP contribution in [0.2, 0.25) is 10.0 Å². The summed E-state index contributed by atoms with van der Waals surface area (Å²) in [4.78, 5) is 13.3. The summed E-state index contributed by atoms with van der Waals surface area (Å²) in [7, 11) is 2.91. The largest absolute Gasteiger partial charge is 0.619 e. The summed E-state index contributed by atoms with van der Waals surface area (Å²) in [6, 6.07) is 8.93. The molecule has 1 saturated carbocycles. The van der Waals surface area contributed by atoms with Gasteiger partial charge in [0.05, 0.1) is 20.8 Å². The molecule has 2 atom stereocenters. The number of ether oxygens (including phenoxy) is 5. The average Bonchev–Trinajstić information content (AvgIpc) is 3.81. The number of hydrogen-bond acceptors (Lipinski definition) is 8. The van der Waals surface area contributed by atoms with E-state index in [0.717, 1.165) is 29.5 Å². The summed E-state index contributed by atoms with van der Waals surface area (Å²) < 4.78 is 76.4. The van der Waals surface area contributed by atoms with Crippen LogP contribution in [0.5, 0.6) is 23.0 Å². The van der Waals surface area contributed by atoms with Crippen LogP contribution in [0.4, 0.5) is 8.78 Å². The van der Waals surface area contributed by atoms with Crippen LogP contribution in [0.15, 0.2) is 48.8 Å². The molecule has 1 aliphatic carbocycles. The van der Waals surface area contributed by atoms with Crippen LogP contribution in [0.25, 0.3) is 0 Å². The maximum Gasteiger partial charge on any atom is 0.387 e. The van der Waals surface area contributed by atoms with Gasteiger partial charge in [0, 0.05) is 18.5 Å². The van der Waals surface area contributed by atoms with Crippen LogP contribution < -0.4 is 23.7 Å². The molecule has 45 heavy (non-hydrogen) atoms. The summed E-state index contributed by atoms with van der Waals surface area (Å²) in [6.07, 6.45) is 2.76. The zero-order chi connectivity index (χ0) is 32.7. The Kier molecular flexibility index (Phi) is 12.0. The molecule has 0 amide bonds. The van der Waals surface area contributed by atoms with Crippen LogP contribution in [0, 0.1) is 11.1 Å². The van der Waals surface area contributed by atoms with Crippen molar-refractivity contribution in [1.29, 1.82) is 0 Å². The van der Waals surface area contributed by atoms with Crippen molar-refractivity contribution in [2.24, 2.45) is 5.92 Å². The number of rotatable bonds is 16. The highest BCUT2D eigenvalue weighted by atomic mass is 35.5. The molecule has 0 bridgehead atoms. The lowest BCUT2D eigenvalue weighted by Crippen LogP contribution is -2.33. The summed E-state index contributed by atoms with van der Waals surface area (Å²) in [6.45, 7) is -3.59. The Morgan fingerprint density at radius 3 is 2.33 bits per heavy atom. The first-order valence-electron chi connectivity index (χ1n) is 13.5. The number of benzene rings is 2. The van der Waals surface area contributed by atoms with E-state index in [1.165, 1.54) is 32.4 Å². The SMILES string of the molecule is COc1ccc(CN(CC(=O)OC(Cc2c(Cl)c[n+]([O-])cc2Cl)c2ccc(OC(F)F)c(OCC3CC3)c2)S(=O)O)cc1OC. The third-order valence-corrected chi connectivity index (χ3v) is 8.13. The summed E-state index contributed by atoms with van der Waals surface area (Å²) in [5.41, 5.74) is 1.11. The maximum atomic E-state index is 13.3. The van der Waals surface area contributed by atoms with Crippen LogP contribution >= 0.6 is 23.2 Å². The van der Waals surface area contributed by atoms with E-state index in [-0.39, 0.29) is 46.7 Å². The number of carbonyl (C=O) groups is 1. The number of carbonyl (C=O) groups excluding carboxylic acids is 1. The molecule has 2 aromatic carbocycles. The summed E-state index contributed by atoms with van der Waals surface area (Å²) >= 11 is 10.0. The highest BCUT2D eigenvalue weighted by Gasteiger charge is 2.28. The van der Waals surface area contributed by atoms with E-state index >= 15 is 0 Å². The molecule has 1 N–H and O–H groups in total. The van der Waals surface area contributed by atoms with Gasteiger partial charge in [-0.3, -0.25) is 9.35 Å². The smallest absolute Gasteiger partial charge is 0.387 e. The molecule has 16 heteroatoms. The molecule has 1 fully saturated rings. The Bertz CT molecular complexity index is 1510. The fourth-order valence-electron chi connectivity index (χ4n) is 4.35. The molecular formula is C29H30Cl2F2N2O9S. The van der Waals surface area contributed by atoms with Gasteiger partial charge in [-0.15, -0.1) is 0 Å². The number of halogens is 4. The Labute approximate surface area is 270 Å². The molecule has 0 radical (unpaired) electrons. The van der Waals surface area contributed by atoms with Gasteiger partial charge < -0.3 is 28.9 Å². The molecule has 3 aromatic rings. The van der Waals surface area contributed by atoms with E-state index in [1.807, 2.05) is 0 Å². The van der Waals surface area contributed by atoms with Crippen LogP contribution in [-0.2, 0) is 33.8 Å². The zero-order valence-corrected chi connectivity index (χ0v) is 26.4. The van der Waals surface area contributed by atoms with Crippen LogP contribution in [0.3, 0.4) is 0 Å². The average molecular weight is 692 g/mol. The van der Waals surface area contributed by atoms with Gasteiger partial charge in [-0.25, -0.2) is 4.21 Å². The van der Waals surface area contributed by atoms with E-state index < -0.39 is 36.5 Å². The van der Waals surface area contributed by atoms with Gasteiger partial charge in [0.1, 0.15) is 22.7 Å². The van der Waals surface area contributed by atoms with Gasteiger partial charge in [-0.05, 0) is 54.2 Å². The molecule has 4 rings (SSSR count). The van der Waals surface area contributed by atoms with E-state index in [1.54, 1.807) is 18.2 Å². The zero-order valence-electron chi connectivity index (χ0n) is 24.1. The number of esters is 1. The van der Waals surface area contributed by atoms with Gasteiger partial charge in [-0.1, -0.05) is 35.3 Å². The summed E-state index contributed by atoms with van der Waals surface area (Å²) in [5, 5.41) is 11.8. The second-order valence-electron chi connectivity index (χ2n) is 10.0. The fourth-order valence-corrected chi connectivity index (χ4v) is 5.42. The lowest BCUT2D eigenvalue weighted by Gasteiger charge is -2.23. The predicted octanol–water partition coefficient (Wildman–Crippen LogP) is 5.50. The van der Waals surface area contributed by atoms with Crippen LogP contribution in [0.1, 0.15) is 35.6 Å². The number of hydrogen-bond donors (Lipinski definition) is 1. The molecule has 11 nitrogen and oxygen atoms in total. The second kappa shape index (κ2) is 15.7. The van der Waals surface area contributed by atoms with Gasteiger partial charge in [-0.2, -0.15) is 17.8 Å². The first kappa shape index (κ1) is 34.4. The third kappa shape index (κ3) is 9.78. The molecule has 1 aromatic heterocycles. The van der Waals surface area contributed by atoms with Crippen molar-refractivity contribution in [3.8, 4) is 23.0 Å². The fraction of sp³-hybridized carbons (Fsp3) is 0.379. The second-order valence-corrected chi connectivity index (χ2v) is 11.8. The normalized spacial score (nSPS) is 14.2. The van der Waals surface area contributed by atoms with E-state index in [0.29, 0.717) is 33.3 Å². The Morgan fingerprint density at radius 2 is 1.73 bits per heavy atom. The monoisotopic (exact) mass is 690 g/mol. The molecule has 2 unspecified atom stereocenters. The van der Waals surface area contributed by atoms with Crippen molar-refractivity contribution in [3.05, 3.63) is 80.7 Å². The third-order valence-electron chi connectivity index (χ3n) is 6.78. The quantitative estimate of drug-likeness (QED) is 0.0896. The lowest BCUT2D eigenvalue weighted by atomic mass is 10.0. The minimum atomic E-state index is -3.11. The molecule has 244 valence electrons.